The molecule has 3 aromatic rings. The van der Waals surface area contributed by atoms with Crippen LogP contribution in [0, 0.1) is 0 Å². The summed E-state index contributed by atoms with van der Waals surface area (Å²) in [5.74, 6) is -1.90. The van der Waals surface area contributed by atoms with Gasteiger partial charge in [-0.1, -0.05) is 31.2 Å². The fourth-order valence-electron chi connectivity index (χ4n) is 3.22. The SMILES string of the molecule is CCC(C(=O)NC(N)=Nc1nc2ccccc2o1)N1C(=O)c2ccccc2C1=O. The molecule has 4 rings (SSSR count). The normalized spacial score (nSPS) is 14.9. The topological polar surface area (TPSA) is 131 Å². The number of nitrogens with two attached hydrogens (primary N) is 1. The highest BCUT2D eigenvalue weighted by atomic mass is 16.4. The van der Waals surface area contributed by atoms with Crippen molar-refractivity contribution in [1.82, 2.24) is 15.2 Å². The third-order valence-corrected chi connectivity index (χ3v) is 4.58. The second-order valence-electron chi connectivity index (χ2n) is 6.40. The van der Waals surface area contributed by atoms with Gasteiger partial charge in [-0.15, -0.1) is 0 Å². The van der Waals surface area contributed by atoms with Gasteiger partial charge in [0.1, 0.15) is 11.6 Å². The number of rotatable bonds is 4. The van der Waals surface area contributed by atoms with Crippen molar-refractivity contribution in [3.05, 3.63) is 59.7 Å². The second kappa shape index (κ2) is 7.19. The molecule has 1 aliphatic rings. The minimum Gasteiger partial charge on any atom is -0.422 e. The lowest BCUT2D eigenvalue weighted by atomic mass is 10.1. The van der Waals surface area contributed by atoms with E-state index in [2.05, 4.69) is 15.3 Å². The molecule has 3 amide bonds. The summed E-state index contributed by atoms with van der Waals surface area (Å²) < 4.78 is 5.43. The van der Waals surface area contributed by atoms with Crippen molar-refractivity contribution in [2.45, 2.75) is 19.4 Å². The number of fused-ring (bicyclic) bond motifs is 2. The van der Waals surface area contributed by atoms with E-state index in [4.69, 9.17) is 10.2 Å². The summed E-state index contributed by atoms with van der Waals surface area (Å²) >= 11 is 0. The standard InChI is InChI=1S/C20H17N5O4/c1-2-14(25-17(27)11-7-3-4-8-12(11)18(25)28)16(26)23-19(21)24-20-22-13-9-5-6-10-15(13)29-20/h3-10,14H,2H2,1H3,(H3,21,22,23,24,26). The summed E-state index contributed by atoms with van der Waals surface area (Å²) in [4.78, 5) is 47.0. The minimum atomic E-state index is -1.03. The van der Waals surface area contributed by atoms with E-state index >= 15 is 0 Å². The maximum absolute atomic E-state index is 12.7. The molecule has 3 N–H and O–H groups in total. The molecule has 29 heavy (non-hydrogen) atoms. The van der Waals surface area contributed by atoms with Gasteiger partial charge < -0.3 is 10.2 Å². The van der Waals surface area contributed by atoms with Gasteiger partial charge in [-0.3, -0.25) is 24.6 Å². The van der Waals surface area contributed by atoms with Crippen molar-refractivity contribution in [2.75, 3.05) is 0 Å². The predicted octanol–water partition coefficient (Wildman–Crippen LogP) is 1.96. The smallest absolute Gasteiger partial charge is 0.325 e. The van der Waals surface area contributed by atoms with Gasteiger partial charge in [-0.2, -0.15) is 9.98 Å². The number of aromatic nitrogens is 1. The van der Waals surface area contributed by atoms with Crippen LogP contribution < -0.4 is 11.1 Å². The molecule has 9 nitrogen and oxygen atoms in total. The summed E-state index contributed by atoms with van der Waals surface area (Å²) in [6.45, 7) is 1.70. The predicted molar refractivity (Wildman–Crippen MR) is 104 cm³/mol. The lowest BCUT2D eigenvalue weighted by Crippen LogP contribution is -2.52. The zero-order chi connectivity index (χ0) is 20.5. The molecule has 9 heteroatoms. The first-order valence-electron chi connectivity index (χ1n) is 8.97. The Morgan fingerprint density at radius 1 is 1.14 bits per heavy atom. The van der Waals surface area contributed by atoms with Crippen molar-refractivity contribution in [2.24, 2.45) is 10.7 Å². The van der Waals surface area contributed by atoms with Gasteiger partial charge >= 0.3 is 6.01 Å². The number of hydrogen-bond donors (Lipinski definition) is 2. The highest BCUT2D eigenvalue weighted by Crippen LogP contribution is 2.25. The fraction of sp³-hybridized carbons (Fsp3) is 0.150. The van der Waals surface area contributed by atoms with E-state index in [0.717, 1.165) is 4.90 Å². The van der Waals surface area contributed by atoms with Crippen LogP contribution in [0.2, 0.25) is 0 Å². The van der Waals surface area contributed by atoms with Crippen LogP contribution >= 0.6 is 0 Å². The van der Waals surface area contributed by atoms with Gasteiger partial charge in [0.05, 0.1) is 11.1 Å². The average molecular weight is 391 g/mol. The molecule has 1 aromatic heterocycles. The molecule has 0 fully saturated rings. The van der Waals surface area contributed by atoms with Crippen LogP contribution in [-0.4, -0.2) is 39.6 Å². The largest absolute Gasteiger partial charge is 0.422 e. The first-order chi connectivity index (χ1) is 14.0. The molecular formula is C20H17N5O4. The molecule has 0 bridgehead atoms. The summed E-state index contributed by atoms with van der Waals surface area (Å²) in [6, 6.07) is 12.5. The van der Waals surface area contributed by atoms with Gasteiger partial charge in [0, 0.05) is 0 Å². The molecule has 1 unspecified atom stereocenters. The number of hydrogen-bond acceptors (Lipinski definition) is 6. The van der Waals surface area contributed by atoms with Gasteiger partial charge in [0.15, 0.2) is 5.58 Å². The Morgan fingerprint density at radius 2 is 1.76 bits per heavy atom. The van der Waals surface area contributed by atoms with E-state index in [9.17, 15) is 14.4 Å². The van der Waals surface area contributed by atoms with Crippen LogP contribution in [0.15, 0.2) is 57.9 Å². The molecule has 0 spiro atoms. The molecule has 2 aromatic carbocycles. The molecule has 0 aliphatic carbocycles. The first kappa shape index (κ1) is 18.4. The monoisotopic (exact) mass is 391 g/mol. The van der Waals surface area contributed by atoms with Gasteiger partial charge in [0.2, 0.25) is 11.9 Å². The Hall–Kier alpha value is -4.01. The fourth-order valence-corrected chi connectivity index (χ4v) is 3.22. The molecule has 0 radical (unpaired) electrons. The average Bonchev–Trinajstić information content (AvgIpc) is 3.22. The van der Waals surface area contributed by atoms with Crippen molar-refractivity contribution in [3.63, 3.8) is 0 Å². The molecule has 1 aliphatic heterocycles. The number of benzene rings is 2. The first-order valence-corrected chi connectivity index (χ1v) is 8.97. The maximum Gasteiger partial charge on any atom is 0.325 e. The van der Waals surface area contributed by atoms with Crippen LogP contribution in [0.1, 0.15) is 34.1 Å². The summed E-state index contributed by atoms with van der Waals surface area (Å²) in [5.41, 5.74) is 7.48. The molecular weight excluding hydrogens is 374 g/mol. The van der Waals surface area contributed by atoms with E-state index in [1.165, 1.54) is 0 Å². The van der Waals surface area contributed by atoms with Crippen molar-refractivity contribution in [1.29, 1.82) is 0 Å². The summed E-state index contributed by atoms with van der Waals surface area (Å²) in [7, 11) is 0. The van der Waals surface area contributed by atoms with Crippen molar-refractivity contribution < 1.29 is 18.8 Å². The number of imide groups is 1. The highest BCUT2D eigenvalue weighted by Gasteiger charge is 2.41. The van der Waals surface area contributed by atoms with E-state index in [1.54, 1.807) is 55.5 Å². The zero-order valence-electron chi connectivity index (χ0n) is 15.5. The summed E-state index contributed by atoms with van der Waals surface area (Å²) in [5, 5.41) is 2.41. The third kappa shape index (κ3) is 3.22. The molecule has 0 saturated carbocycles. The highest BCUT2D eigenvalue weighted by molar-refractivity contribution is 6.23. The second-order valence-corrected chi connectivity index (χ2v) is 6.40. The molecule has 1 atom stereocenters. The Labute approximate surface area is 165 Å². The number of guanidine groups is 1. The lowest BCUT2D eigenvalue weighted by molar-refractivity contribution is -0.123. The zero-order valence-corrected chi connectivity index (χ0v) is 15.5. The number of nitrogens with zero attached hydrogens (tertiary/aromatic N) is 3. The quantitative estimate of drug-likeness (QED) is 0.397. The van der Waals surface area contributed by atoms with Gasteiger partial charge in [0.25, 0.3) is 11.8 Å². The van der Waals surface area contributed by atoms with E-state index in [0.29, 0.717) is 11.1 Å². The maximum atomic E-state index is 12.7. The Morgan fingerprint density at radius 3 is 2.38 bits per heavy atom. The van der Waals surface area contributed by atoms with E-state index in [-0.39, 0.29) is 29.5 Å². The summed E-state index contributed by atoms with van der Waals surface area (Å²) in [6.07, 6.45) is 0.216. The molecule has 0 saturated heterocycles. The number of para-hydroxylation sites is 2. The van der Waals surface area contributed by atoms with E-state index in [1.807, 2.05) is 0 Å². The van der Waals surface area contributed by atoms with Crippen LogP contribution in [0.5, 0.6) is 0 Å². The Kier molecular flexibility index (Phi) is 4.55. The van der Waals surface area contributed by atoms with Crippen LogP contribution in [0.25, 0.3) is 11.1 Å². The Balaban J connectivity index is 1.53. The number of amides is 3. The molecule has 2 heterocycles. The number of carbonyl (C=O) groups excluding carboxylic acids is 3. The lowest BCUT2D eigenvalue weighted by Gasteiger charge is -2.23. The number of aliphatic imine (C=N–C) groups is 1. The van der Waals surface area contributed by atoms with Crippen LogP contribution in [0.4, 0.5) is 6.01 Å². The van der Waals surface area contributed by atoms with Crippen molar-refractivity contribution >= 4 is 40.8 Å². The Bertz CT molecular complexity index is 1100. The van der Waals surface area contributed by atoms with Crippen molar-refractivity contribution in [3.8, 4) is 0 Å². The van der Waals surface area contributed by atoms with Crippen LogP contribution in [-0.2, 0) is 4.79 Å². The molecule has 146 valence electrons. The number of carbonyl (C=O) groups is 3. The van der Waals surface area contributed by atoms with Gasteiger partial charge in [-0.25, -0.2) is 0 Å². The van der Waals surface area contributed by atoms with Crippen LogP contribution in [0.3, 0.4) is 0 Å². The minimum absolute atomic E-state index is 0.0159. The third-order valence-electron chi connectivity index (χ3n) is 4.58. The number of oxazole rings is 1. The van der Waals surface area contributed by atoms with E-state index < -0.39 is 23.8 Å². The van der Waals surface area contributed by atoms with Gasteiger partial charge in [-0.05, 0) is 30.7 Å². The number of nitrogens with one attached hydrogen (secondary N) is 1.